The molecule has 0 bridgehead atoms. The second-order valence-electron chi connectivity index (χ2n) is 5.19. The highest BCUT2D eigenvalue weighted by atomic mass is 15.3. The van der Waals surface area contributed by atoms with Crippen LogP contribution in [0.25, 0.3) is 0 Å². The van der Waals surface area contributed by atoms with E-state index in [1.807, 2.05) is 0 Å². The summed E-state index contributed by atoms with van der Waals surface area (Å²) in [6.45, 7) is 7.41. The summed E-state index contributed by atoms with van der Waals surface area (Å²) < 4.78 is 2.19. The van der Waals surface area contributed by atoms with Crippen molar-refractivity contribution in [2.45, 2.75) is 65.1 Å². The van der Waals surface area contributed by atoms with Crippen LogP contribution in [0, 0.1) is 6.92 Å². The molecule has 0 aliphatic heterocycles. The molecule has 0 amide bonds. The Balaban J connectivity index is 2.02. The van der Waals surface area contributed by atoms with E-state index in [0.717, 1.165) is 6.54 Å². The lowest BCUT2D eigenvalue weighted by atomic mass is 10.2. The van der Waals surface area contributed by atoms with Crippen LogP contribution in [-0.4, -0.2) is 15.8 Å². The van der Waals surface area contributed by atoms with Gasteiger partial charge in [-0.25, -0.2) is 0 Å². The van der Waals surface area contributed by atoms with Crippen molar-refractivity contribution in [3.63, 3.8) is 0 Å². The molecule has 16 heavy (non-hydrogen) atoms. The van der Waals surface area contributed by atoms with Crippen LogP contribution in [0.3, 0.4) is 0 Å². The summed E-state index contributed by atoms with van der Waals surface area (Å²) in [6.07, 6.45) is 7.57. The van der Waals surface area contributed by atoms with E-state index in [1.54, 1.807) is 0 Å². The van der Waals surface area contributed by atoms with Gasteiger partial charge >= 0.3 is 0 Å². The molecule has 1 aliphatic rings. The van der Waals surface area contributed by atoms with Crippen LogP contribution >= 0.6 is 0 Å². The minimum absolute atomic E-state index is 0.536. The van der Waals surface area contributed by atoms with Crippen LogP contribution in [0.2, 0.25) is 0 Å². The molecule has 3 heteroatoms. The molecule has 1 aromatic heterocycles. The Bertz CT molecular complexity index is 335. The second kappa shape index (κ2) is 5.00. The van der Waals surface area contributed by atoms with Crippen molar-refractivity contribution in [2.75, 3.05) is 0 Å². The average molecular weight is 221 g/mol. The van der Waals surface area contributed by atoms with E-state index in [9.17, 15) is 0 Å². The SMILES string of the molecule is Cc1nn(C2CCCC2)cc1CNC(C)C. The Hall–Kier alpha value is -0.830. The van der Waals surface area contributed by atoms with Gasteiger partial charge in [0.1, 0.15) is 0 Å². The standard InChI is InChI=1S/C13H23N3/c1-10(2)14-8-12-9-16(15-11(12)3)13-6-4-5-7-13/h9-10,13-14H,4-8H2,1-3H3. The molecule has 0 saturated heterocycles. The molecule has 0 spiro atoms. The first-order valence-corrected chi connectivity index (χ1v) is 6.45. The second-order valence-corrected chi connectivity index (χ2v) is 5.19. The number of hydrogen-bond donors (Lipinski definition) is 1. The van der Waals surface area contributed by atoms with Gasteiger partial charge in [0, 0.05) is 24.3 Å². The minimum Gasteiger partial charge on any atom is -0.310 e. The third-order valence-corrected chi connectivity index (χ3v) is 3.42. The highest BCUT2D eigenvalue weighted by molar-refractivity contribution is 5.15. The third-order valence-electron chi connectivity index (χ3n) is 3.42. The first-order chi connectivity index (χ1) is 7.66. The summed E-state index contributed by atoms with van der Waals surface area (Å²) in [5.41, 5.74) is 2.53. The van der Waals surface area contributed by atoms with Crippen molar-refractivity contribution in [1.29, 1.82) is 0 Å². The molecule has 1 heterocycles. The predicted molar refractivity (Wildman–Crippen MR) is 66.4 cm³/mol. The quantitative estimate of drug-likeness (QED) is 0.847. The van der Waals surface area contributed by atoms with Crippen molar-refractivity contribution < 1.29 is 0 Å². The number of hydrogen-bond acceptors (Lipinski definition) is 2. The fourth-order valence-corrected chi connectivity index (χ4v) is 2.36. The molecule has 1 aromatic rings. The maximum Gasteiger partial charge on any atom is 0.0638 e. The van der Waals surface area contributed by atoms with Crippen LogP contribution in [0.5, 0.6) is 0 Å². The Morgan fingerprint density at radius 3 is 2.75 bits per heavy atom. The number of aromatic nitrogens is 2. The molecule has 0 radical (unpaired) electrons. The van der Waals surface area contributed by atoms with Crippen LogP contribution in [-0.2, 0) is 6.54 Å². The normalized spacial score (nSPS) is 17.5. The Labute approximate surface area is 98.2 Å². The molecule has 1 N–H and O–H groups in total. The van der Waals surface area contributed by atoms with Gasteiger partial charge in [-0.05, 0) is 19.8 Å². The van der Waals surface area contributed by atoms with Gasteiger partial charge < -0.3 is 5.32 Å². The van der Waals surface area contributed by atoms with Gasteiger partial charge in [-0.15, -0.1) is 0 Å². The number of rotatable bonds is 4. The molecular formula is C13H23N3. The maximum atomic E-state index is 4.65. The van der Waals surface area contributed by atoms with Crippen molar-refractivity contribution in [3.8, 4) is 0 Å². The molecule has 1 saturated carbocycles. The summed E-state index contributed by atoms with van der Waals surface area (Å²) in [7, 11) is 0. The number of nitrogens with zero attached hydrogens (tertiary/aromatic N) is 2. The first-order valence-electron chi connectivity index (χ1n) is 6.45. The fraction of sp³-hybridized carbons (Fsp3) is 0.769. The third kappa shape index (κ3) is 2.64. The van der Waals surface area contributed by atoms with E-state index in [0.29, 0.717) is 12.1 Å². The van der Waals surface area contributed by atoms with Gasteiger partial charge in [-0.1, -0.05) is 26.7 Å². The van der Waals surface area contributed by atoms with Gasteiger partial charge in [0.25, 0.3) is 0 Å². The smallest absolute Gasteiger partial charge is 0.0638 e. The van der Waals surface area contributed by atoms with Crippen LogP contribution in [0.1, 0.15) is 56.8 Å². The summed E-state index contributed by atoms with van der Waals surface area (Å²) in [5.74, 6) is 0. The predicted octanol–water partition coefficient (Wildman–Crippen LogP) is 2.80. The fourth-order valence-electron chi connectivity index (χ4n) is 2.36. The topological polar surface area (TPSA) is 29.9 Å². The van der Waals surface area contributed by atoms with Gasteiger partial charge in [-0.3, -0.25) is 4.68 Å². The zero-order valence-electron chi connectivity index (χ0n) is 10.7. The lowest BCUT2D eigenvalue weighted by molar-refractivity contribution is 0.464. The summed E-state index contributed by atoms with van der Waals surface area (Å²) in [4.78, 5) is 0. The average Bonchev–Trinajstić information content (AvgIpc) is 2.83. The van der Waals surface area contributed by atoms with Crippen LogP contribution < -0.4 is 5.32 Å². The summed E-state index contributed by atoms with van der Waals surface area (Å²) in [6, 6.07) is 1.20. The molecule has 0 atom stereocenters. The van der Waals surface area contributed by atoms with E-state index >= 15 is 0 Å². The first kappa shape index (κ1) is 11.6. The van der Waals surface area contributed by atoms with E-state index in [2.05, 4.69) is 42.1 Å². The van der Waals surface area contributed by atoms with Gasteiger partial charge in [0.2, 0.25) is 0 Å². The van der Waals surface area contributed by atoms with E-state index < -0.39 is 0 Å². The van der Waals surface area contributed by atoms with Gasteiger partial charge in [0.05, 0.1) is 11.7 Å². The van der Waals surface area contributed by atoms with E-state index in [1.165, 1.54) is 36.9 Å². The van der Waals surface area contributed by atoms with Crippen molar-refractivity contribution >= 4 is 0 Å². The molecular weight excluding hydrogens is 198 g/mol. The number of nitrogens with one attached hydrogen (secondary N) is 1. The lowest BCUT2D eigenvalue weighted by Gasteiger charge is -2.09. The van der Waals surface area contributed by atoms with E-state index in [4.69, 9.17) is 0 Å². The van der Waals surface area contributed by atoms with Crippen LogP contribution in [0.15, 0.2) is 6.20 Å². The Kier molecular flexibility index (Phi) is 3.64. The number of aryl methyl sites for hydroxylation is 1. The van der Waals surface area contributed by atoms with Crippen molar-refractivity contribution in [3.05, 3.63) is 17.5 Å². The Morgan fingerprint density at radius 1 is 1.44 bits per heavy atom. The molecule has 0 aromatic carbocycles. The van der Waals surface area contributed by atoms with Crippen molar-refractivity contribution in [2.24, 2.45) is 0 Å². The highest BCUT2D eigenvalue weighted by Gasteiger charge is 2.18. The molecule has 1 aliphatic carbocycles. The Morgan fingerprint density at radius 2 is 2.12 bits per heavy atom. The monoisotopic (exact) mass is 221 g/mol. The largest absolute Gasteiger partial charge is 0.310 e. The molecule has 2 rings (SSSR count). The molecule has 0 unspecified atom stereocenters. The van der Waals surface area contributed by atoms with Crippen molar-refractivity contribution in [1.82, 2.24) is 15.1 Å². The zero-order valence-corrected chi connectivity index (χ0v) is 10.7. The molecule has 90 valence electrons. The van der Waals surface area contributed by atoms with E-state index in [-0.39, 0.29) is 0 Å². The van der Waals surface area contributed by atoms with Gasteiger partial charge in [0.15, 0.2) is 0 Å². The zero-order chi connectivity index (χ0) is 11.5. The summed E-state index contributed by atoms with van der Waals surface area (Å²) >= 11 is 0. The van der Waals surface area contributed by atoms with Gasteiger partial charge in [-0.2, -0.15) is 5.10 Å². The minimum atomic E-state index is 0.536. The maximum absolute atomic E-state index is 4.65. The summed E-state index contributed by atoms with van der Waals surface area (Å²) in [5, 5.41) is 8.10. The molecule has 1 fully saturated rings. The molecule has 3 nitrogen and oxygen atoms in total. The lowest BCUT2D eigenvalue weighted by Crippen LogP contribution is -2.21. The highest BCUT2D eigenvalue weighted by Crippen LogP contribution is 2.29. The van der Waals surface area contributed by atoms with Crippen LogP contribution in [0.4, 0.5) is 0 Å².